The molecule has 2 heteroatoms. The van der Waals surface area contributed by atoms with Crippen molar-refractivity contribution in [2.45, 2.75) is 20.3 Å². The van der Waals surface area contributed by atoms with Crippen LogP contribution in [0.4, 0.5) is 0 Å². The molecule has 0 unspecified atom stereocenters. The number of carbonyl (C=O) groups is 1. The first-order chi connectivity index (χ1) is 8.00. The van der Waals surface area contributed by atoms with Crippen molar-refractivity contribution in [3.63, 3.8) is 0 Å². The molecule has 0 fully saturated rings. The lowest BCUT2D eigenvalue weighted by molar-refractivity contribution is -0.118. The average Bonchev–Trinajstić information content (AvgIpc) is 2.29. The van der Waals surface area contributed by atoms with Crippen molar-refractivity contribution < 1.29 is 4.79 Å². The minimum absolute atomic E-state index is 0.287. The molecule has 2 aromatic rings. The van der Waals surface area contributed by atoms with E-state index in [9.17, 15) is 4.79 Å². The normalized spacial score (nSPS) is 11.7. The van der Waals surface area contributed by atoms with Gasteiger partial charge < -0.3 is 0 Å². The predicted molar refractivity (Wildman–Crippen MR) is 72.3 cm³/mol. The smallest absolute Gasteiger partial charge is 0.227 e. The second-order valence-electron chi connectivity index (χ2n) is 4.97. The van der Waals surface area contributed by atoms with E-state index < -0.39 is 5.41 Å². The second-order valence-corrected chi connectivity index (χ2v) is 5.32. The van der Waals surface area contributed by atoms with Crippen LogP contribution >= 0.6 is 11.6 Å². The minimum atomic E-state index is -0.522. The van der Waals surface area contributed by atoms with Gasteiger partial charge in [0.15, 0.2) is 0 Å². The van der Waals surface area contributed by atoms with Gasteiger partial charge in [-0.3, -0.25) is 4.79 Å². The molecule has 2 aromatic carbocycles. The van der Waals surface area contributed by atoms with Crippen molar-refractivity contribution in [1.29, 1.82) is 0 Å². The Morgan fingerprint density at radius 1 is 1.12 bits per heavy atom. The monoisotopic (exact) mass is 246 g/mol. The summed E-state index contributed by atoms with van der Waals surface area (Å²) in [6.45, 7) is 3.76. The number of hydrogen-bond donors (Lipinski definition) is 0. The largest absolute Gasteiger partial charge is 0.281 e. The molecule has 88 valence electrons. The molecule has 0 aliphatic carbocycles. The molecule has 1 nitrogen and oxygen atoms in total. The summed E-state index contributed by atoms with van der Waals surface area (Å²) in [6, 6.07) is 14.4. The van der Waals surface area contributed by atoms with Crippen LogP contribution in [-0.2, 0) is 11.2 Å². The first-order valence-corrected chi connectivity index (χ1v) is 6.05. The Labute approximate surface area is 106 Å². The number of benzene rings is 2. The van der Waals surface area contributed by atoms with Gasteiger partial charge in [0.25, 0.3) is 0 Å². The van der Waals surface area contributed by atoms with E-state index >= 15 is 0 Å². The number of fused-ring (bicyclic) bond motifs is 1. The molecular formula is C15H15ClO. The zero-order valence-corrected chi connectivity index (χ0v) is 10.8. The van der Waals surface area contributed by atoms with Gasteiger partial charge in [0.05, 0.1) is 0 Å². The summed E-state index contributed by atoms with van der Waals surface area (Å²) in [5.41, 5.74) is 0.646. The maximum absolute atomic E-state index is 11.4. The summed E-state index contributed by atoms with van der Waals surface area (Å²) in [5.74, 6) is 0. The Morgan fingerprint density at radius 3 is 2.47 bits per heavy atom. The predicted octanol–water partition coefficient (Wildman–Crippen LogP) is 4.17. The highest BCUT2D eigenvalue weighted by Crippen LogP contribution is 2.28. The molecule has 0 bridgehead atoms. The van der Waals surface area contributed by atoms with Crippen LogP contribution in [0.5, 0.6) is 0 Å². The average molecular weight is 247 g/mol. The molecule has 0 atom stereocenters. The van der Waals surface area contributed by atoms with Gasteiger partial charge in [-0.05, 0) is 34.4 Å². The van der Waals surface area contributed by atoms with Crippen LogP contribution in [0.3, 0.4) is 0 Å². The van der Waals surface area contributed by atoms with Gasteiger partial charge in [-0.15, -0.1) is 0 Å². The van der Waals surface area contributed by atoms with Crippen LogP contribution in [0.1, 0.15) is 19.4 Å². The summed E-state index contributed by atoms with van der Waals surface area (Å²) in [7, 11) is 0. The third-order valence-electron chi connectivity index (χ3n) is 3.04. The molecule has 0 radical (unpaired) electrons. The van der Waals surface area contributed by atoms with E-state index in [4.69, 9.17) is 11.6 Å². The van der Waals surface area contributed by atoms with E-state index in [0.717, 1.165) is 0 Å². The SMILES string of the molecule is CC(C)(Cc1cccc2ccccc12)C(=O)Cl. The van der Waals surface area contributed by atoms with Crippen LogP contribution in [0, 0.1) is 5.41 Å². The number of hydrogen-bond acceptors (Lipinski definition) is 1. The standard InChI is InChI=1S/C15H15ClO/c1-15(2,14(16)17)10-12-8-5-7-11-6-3-4-9-13(11)12/h3-9H,10H2,1-2H3. The van der Waals surface area contributed by atoms with Crippen molar-refractivity contribution in [3.8, 4) is 0 Å². The first kappa shape index (κ1) is 12.1. The maximum Gasteiger partial charge on any atom is 0.227 e. The summed E-state index contributed by atoms with van der Waals surface area (Å²) >= 11 is 5.63. The van der Waals surface area contributed by atoms with E-state index in [1.165, 1.54) is 16.3 Å². The molecule has 0 amide bonds. The molecule has 0 aromatic heterocycles. The molecule has 2 rings (SSSR count). The number of rotatable bonds is 3. The zero-order valence-electron chi connectivity index (χ0n) is 10.0. The van der Waals surface area contributed by atoms with Crippen molar-refractivity contribution in [2.24, 2.45) is 5.41 Å². The molecule has 0 heterocycles. The van der Waals surface area contributed by atoms with Crippen LogP contribution in [0.15, 0.2) is 42.5 Å². The fourth-order valence-electron chi connectivity index (χ4n) is 1.99. The van der Waals surface area contributed by atoms with Crippen LogP contribution in [0.25, 0.3) is 10.8 Å². The summed E-state index contributed by atoms with van der Waals surface area (Å²) < 4.78 is 0. The lowest BCUT2D eigenvalue weighted by atomic mass is 9.85. The quantitative estimate of drug-likeness (QED) is 0.743. The molecule has 0 N–H and O–H groups in total. The molecule has 0 aliphatic rings. The third kappa shape index (κ3) is 2.50. The van der Waals surface area contributed by atoms with Crippen LogP contribution in [0.2, 0.25) is 0 Å². The molecule has 17 heavy (non-hydrogen) atoms. The van der Waals surface area contributed by atoms with Gasteiger partial charge in [-0.2, -0.15) is 0 Å². The van der Waals surface area contributed by atoms with Crippen molar-refractivity contribution in [2.75, 3.05) is 0 Å². The highest BCUT2D eigenvalue weighted by atomic mass is 35.5. The number of halogens is 1. The summed E-state index contributed by atoms with van der Waals surface area (Å²) in [4.78, 5) is 11.4. The molecule has 0 aliphatic heterocycles. The minimum Gasteiger partial charge on any atom is -0.281 e. The maximum atomic E-state index is 11.4. The van der Waals surface area contributed by atoms with Crippen molar-refractivity contribution in [3.05, 3.63) is 48.0 Å². The Balaban J connectivity index is 2.46. The lowest BCUT2D eigenvalue weighted by Gasteiger charge is -2.20. The first-order valence-electron chi connectivity index (χ1n) is 5.67. The molecular weight excluding hydrogens is 232 g/mol. The Bertz CT molecular complexity index is 552. The lowest BCUT2D eigenvalue weighted by Crippen LogP contribution is -2.22. The molecule has 0 spiro atoms. The van der Waals surface area contributed by atoms with Gasteiger partial charge >= 0.3 is 0 Å². The van der Waals surface area contributed by atoms with Gasteiger partial charge in [0.2, 0.25) is 5.24 Å². The third-order valence-corrected chi connectivity index (χ3v) is 3.56. The zero-order chi connectivity index (χ0) is 12.5. The van der Waals surface area contributed by atoms with E-state index in [1.807, 2.05) is 32.0 Å². The second kappa shape index (κ2) is 4.50. The van der Waals surface area contributed by atoms with Gasteiger partial charge in [-0.25, -0.2) is 0 Å². The van der Waals surface area contributed by atoms with E-state index in [0.29, 0.717) is 6.42 Å². The van der Waals surface area contributed by atoms with Crippen LogP contribution < -0.4 is 0 Å². The van der Waals surface area contributed by atoms with E-state index in [1.54, 1.807) is 0 Å². The van der Waals surface area contributed by atoms with Crippen LogP contribution in [-0.4, -0.2) is 5.24 Å². The van der Waals surface area contributed by atoms with Gasteiger partial charge in [0.1, 0.15) is 0 Å². The van der Waals surface area contributed by atoms with Crippen molar-refractivity contribution in [1.82, 2.24) is 0 Å². The van der Waals surface area contributed by atoms with Gasteiger partial charge in [0, 0.05) is 5.41 Å². The Morgan fingerprint density at radius 2 is 1.76 bits per heavy atom. The number of carbonyl (C=O) groups excluding carboxylic acids is 1. The molecule has 0 saturated carbocycles. The fourth-order valence-corrected chi connectivity index (χ4v) is 2.06. The summed E-state index contributed by atoms with van der Waals surface area (Å²) in [6.07, 6.45) is 0.663. The highest BCUT2D eigenvalue weighted by molar-refractivity contribution is 6.64. The summed E-state index contributed by atoms with van der Waals surface area (Å²) in [5, 5.41) is 2.11. The van der Waals surface area contributed by atoms with E-state index in [-0.39, 0.29) is 5.24 Å². The Hall–Kier alpha value is -1.34. The van der Waals surface area contributed by atoms with Gasteiger partial charge in [-0.1, -0.05) is 56.3 Å². The Kier molecular flexibility index (Phi) is 3.21. The van der Waals surface area contributed by atoms with Crippen molar-refractivity contribution >= 4 is 27.6 Å². The highest BCUT2D eigenvalue weighted by Gasteiger charge is 2.26. The van der Waals surface area contributed by atoms with E-state index in [2.05, 4.69) is 24.3 Å². The fraction of sp³-hybridized carbons (Fsp3) is 0.267. The topological polar surface area (TPSA) is 17.1 Å². The molecule has 0 saturated heterocycles.